The Morgan fingerprint density at radius 3 is 2.57 bits per heavy atom. The second-order valence-electron chi connectivity index (χ2n) is 8.57. The fraction of sp³-hybridized carbons (Fsp3) is 0.571. The van der Waals surface area contributed by atoms with Gasteiger partial charge in [0.15, 0.2) is 0 Å². The van der Waals surface area contributed by atoms with Crippen molar-refractivity contribution in [2.24, 2.45) is 17.8 Å². The van der Waals surface area contributed by atoms with Crippen LogP contribution in [0.5, 0.6) is 0 Å². The van der Waals surface area contributed by atoms with Crippen LogP contribution in [0.15, 0.2) is 24.3 Å². The van der Waals surface area contributed by atoms with E-state index in [4.69, 9.17) is 16.3 Å². The van der Waals surface area contributed by atoms with Crippen LogP contribution in [0, 0.1) is 17.8 Å². The van der Waals surface area contributed by atoms with Crippen molar-refractivity contribution in [3.8, 4) is 0 Å². The molecule has 0 radical (unpaired) electrons. The van der Waals surface area contributed by atoms with Crippen LogP contribution < -0.4 is 10.6 Å². The van der Waals surface area contributed by atoms with Gasteiger partial charge in [0.25, 0.3) is 0 Å². The largest absolute Gasteiger partial charge is 0.395 e. The molecule has 0 aromatic heterocycles. The number of aliphatic hydroxyl groups is 1. The molecule has 2 bridgehead atoms. The van der Waals surface area contributed by atoms with Crippen LogP contribution in [0.2, 0.25) is 5.02 Å². The van der Waals surface area contributed by atoms with Gasteiger partial charge < -0.3 is 25.4 Å². The second kappa shape index (κ2) is 7.21. The predicted molar refractivity (Wildman–Crippen MR) is 110 cm³/mol. The van der Waals surface area contributed by atoms with Crippen LogP contribution in [0.25, 0.3) is 0 Å². The Kier molecular flexibility index (Phi) is 5.07. The average molecular weight is 436 g/mol. The number of rotatable bonds is 5. The van der Waals surface area contributed by atoms with Crippen molar-refractivity contribution >= 4 is 35.0 Å². The Bertz CT molecular complexity index is 893. The molecule has 1 aromatic carbocycles. The number of aliphatic hydroxyl groups excluding tert-OH is 1. The van der Waals surface area contributed by atoms with Crippen LogP contribution in [-0.2, 0) is 19.1 Å². The number of ether oxygens (including phenoxy) is 1. The van der Waals surface area contributed by atoms with Gasteiger partial charge in [-0.2, -0.15) is 0 Å². The van der Waals surface area contributed by atoms with Crippen LogP contribution in [0.4, 0.5) is 5.69 Å². The second-order valence-corrected chi connectivity index (χ2v) is 9.01. The molecule has 3 fully saturated rings. The fourth-order valence-corrected chi connectivity index (χ4v) is 5.81. The highest BCUT2D eigenvalue weighted by Crippen LogP contribution is 2.65. The van der Waals surface area contributed by atoms with Crippen molar-refractivity contribution < 1.29 is 24.2 Å². The first-order chi connectivity index (χ1) is 14.2. The van der Waals surface area contributed by atoms with E-state index in [1.54, 1.807) is 24.3 Å². The van der Waals surface area contributed by atoms with Gasteiger partial charge in [0.1, 0.15) is 11.6 Å². The molecule has 3 aliphatic rings. The van der Waals surface area contributed by atoms with Crippen molar-refractivity contribution in [2.45, 2.75) is 37.5 Å². The van der Waals surface area contributed by atoms with E-state index in [0.717, 1.165) is 0 Å². The molecule has 8 nitrogen and oxygen atoms in total. The molecule has 1 aromatic rings. The monoisotopic (exact) mass is 435 g/mol. The minimum absolute atomic E-state index is 0.00922. The van der Waals surface area contributed by atoms with Crippen molar-refractivity contribution in [3.05, 3.63) is 29.3 Å². The zero-order valence-electron chi connectivity index (χ0n) is 17.1. The molecule has 4 rings (SSSR count). The van der Waals surface area contributed by atoms with Crippen LogP contribution >= 0.6 is 11.6 Å². The minimum Gasteiger partial charge on any atom is -0.395 e. The maximum atomic E-state index is 13.4. The summed E-state index contributed by atoms with van der Waals surface area (Å²) in [6.07, 6.45) is 0.480. The molecule has 3 aliphatic heterocycles. The molecule has 1 spiro atoms. The first-order valence-electron chi connectivity index (χ1n) is 10.1. The quantitative estimate of drug-likeness (QED) is 0.640. The van der Waals surface area contributed by atoms with E-state index in [9.17, 15) is 19.5 Å². The molecule has 162 valence electrons. The number of hydrogen-bond acceptors (Lipinski definition) is 5. The van der Waals surface area contributed by atoms with Gasteiger partial charge >= 0.3 is 0 Å². The molecule has 0 aliphatic carbocycles. The number of nitrogens with one attached hydrogen (secondary N) is 2. The standard InChI is InChI=1S/C21H26ClN3O5/c1-11-10-21-15(14(17(27)23-3)20(11,2)30-21)19(29)25(8-9-26)16(21)18(28)24-13-6-4-12(22)5-7-13/h4-7,11,14-16,26H,8-10H2,1-3H3,(H,23,27)(H,24,28)/t11?,14-,15-,16?,20+,21?/m0/s1. The summed E-state index contributed by atoms with van der Waals surface area (Å²) in [6, 6.07) is 5.72. The van der Waals surface area contributed by atoms with E-state index in [1.165, 1.54) is 11.9 Å². The number of carbonyl (C=O) groups is 3. The lowest BCUT2D eigenvalue weighted by molar-refractivity contribution is -0.146. The highest BCUT2D eigenvalue weighted by atomic mass is 35.5. The lowest BCUT2D eigenvalue weighted by Gasteiger charge is -2.36. The van der Waals surface area contributed by atoms with E-state index in [-0.39, 0.29) is 30.9 Å². The molecular formula is C21H26ClN3O5. The number of benzene rings is 1. The molecule has 3 N–H and O–H groups in total. The van der Waals surface area contributed by atoms with Gasteiger partial charge in [0, 0.05) is 24.3 Å². The normalized spacial score (nSPS) is 36.7. The number of anilines is 1. The lowest BCUT2D eigenvalue weighted by atomic mass is 9.62. The van der Waals surface area contributed by atoms with Crippen molar-refractivity contribution in [3.63, 3.8) is 0 Å². The van der Waals surface area contributed by atoms with Gasteiger partial charge in [-0.1, -0.05) is 18.5 Å². The molecule has 9 heteroatoms. The first kappa shape index (κ1) is 21.1. The van der Waals surface area contributed by atoms with E-state index < -0.39 is 35.0 Å². The summed E-state index contributed by atoms with van der Waals surface area (Å²) in [4.78, 5) is 41.0. The van der Waals surface area contributed by atoms with Crippen molar-refractivity contribution in [2.75, 3.05) is 25.5 Å². The highest BCUT2D eigenvalue weighted by molar-refractivity contribution is 6.30. The zero-order valence-corrected chi connectivity index (χ0v) is 17.9. The third-order valence-corrected chi connectivity index (χ3v) is 7.30. The zero-order chi connectivity index (χ0) is 21.8. The summed E-state index contributed by atoms with van der Waals surface area (Å²) in [7, 11) is 1.53. The number of halogens is 1. The summed E-state index contributed by atoms with van der Waals surface area (Å²) in [5, 5.41) is 15.6. The van der Waals surface area contributed by atoms with Gasteiger partial charge in [-0.05, 0) is 43.5 Å². The van der Waals surface area contributed by atoms with Gasteiger partial charge in [0.05, 0.1) is 24.0 Å². The number of likely N-dealkylation sites (tertiary alicyclic amines) is 1. The van der Waals surface area contributed by atoms with Gasteiger partial charge in [0.2, 0.25) is 17.7 Å². The smallest absolute Gasteiger partial charge is 0.250 e. The molecule has 3 unspecified atom stereocenters. The lowest BCUT2D eigenvalue weighted by Crippen LogP contribution is -2.54. The van der Waals surface area contributed by atoms with Gasteiger partial charge in [-0.25, -0.2) is 0 Å². The number of amides is 3. The third kappa shape index (κ3) is 2.77. The minimum atomic E-state index is -1.12. The molecule has 3 saturated heterocycles. The Morgan fingerprint density at radius 2 is 1.97 bits per heavy atom. The number of nitrogens with zero attached hydrogens (tertiary/aromatic N) is 1. The third-order valence-electron chi connectivity index (χ3n) is 7.04. The Morgan fingerprint density at radius 1 is 1.30 bits per heavy atom. The topological polar surface area (TPSA) is 108 Å². The maximum Gasteiger partial charge on any atom is 0.250 e. The summed E-state index contributed by atoms with van der Waals surface area (Å²) in [5.41, 5.74) is -1.42. The molecule has 6 atom stereocenters. The van der Waals surface area contributed by atoms with Crippen LogP contribution in [0.3, 0.4) is 0 Å². The van der Waals surface area contributed by atoms with E-state index in [2.05, 4.69) is 10.6 Å². The number of β-amino-alcohol motifs (C(OH)–C–C–N with tert-alkyl or cyclic N) is 1. The molecule has 0 saturated carbocycles. The van der Waals surface area contributed by atoms with E-state index in [1.807, 2.05) is 13.8 Å². The van der Waals surface area contributed by atoms with Crippen molar-refractivity contribution in [1.82, 2.24) is 10.2 Å². The highest BCUT2D eigenvalue weighted by Gasteiger charge is 2.79. The summed E-state index contributed by atoms with van der Waals surface area (Å²) >= 11 is 5.92. The average Bonchev–Trinajstić information content (AvgIpc) is 3.21. The molecular weight excluding hydrogens is 410 g/mol. The Balaban J connectivity index is 1.75. The first-order valence-corrected chi connectivity index (χ1v) is 10.5. The van der Waals surface area contributed by atoms with Gasteiger partial charge in [-0.3, -0.25) is 14.4 Å². The van der Waals surface area contributed by atoms with E-state index in [0.29, 0.717) is 17.1 Å². The summed E-state index contributed by atoms with van der Waals surface area (Å²) in [6.45, 7) is 3.53. The maximum absolute atomic E-state index is 13.4. The van der Waals surface area contributed by atoms with Crippen LogP contribution in [-0.4, -0.2) is 65.2 Å². The fourth-order valence-electron chi connectivity index (χ4n) is 5.69. The Labute approximate surface area is 179 Å². The van der Waals surface area contributed by atoms with Gasteiger partial charge in [-0.15, -0.1) is 0 Å². The van der Waals surface area contributed by atoms with Crippen LogP contribution in [0.1, 0.15) is 20.3 Å². The molecule has 30 heavy (non-hydrogen) atoms. The molecule has 3 amide bonds. The summed E-state index contributed by atoms with van der Waals surface area (Å²) < 4.78 is 6.47. The van der Waals surface area contributed by atoms with Crippen molar-refractivity contribution in [1.29, 1.82) is 0 Å². The number of hydrogen-bond donors (Lipinski definition) is 3. The Hall–Kier alpha value is -2.16. The van der Waals surface area contributed by atoms with E-state index >= 15 is 0 Å². The SMILES string of the molecule is CNC(=O)[C@@H]1[C@H]2C(=O)N(CCO)C(C(=O)Nc3ccc(Cl)cc3)C23CC(C)[C@@]1(C)O3. The number of carbonyl (C=O) groups excluding carboxylic acids is 3. The molecule has 3 heterocycles. The summed E-state index contributed by atoms with van der Waals surface area (Å²) in [5.74, 6) is -2.50. The number of fused-ring (bicyclic) bond motifs is 1. The predicted octanol–water partition coefficient (Wildman–Crippen LogP) is 1.03.